The average molecular weight is 240 g/mol. The van der Waals surface area contributed by atoms with Crippen molar-refractivity contribution in [3.63, 3.8) is 0 Å². The van der Waals surface area contributed by atoms with E-state index in [4.69, 9.17) is 0 Å². The third-order valence-electron chi connectivity index (χ3n) is 3.66. The lowest BCUT2D eigenvalue weighted by atomic mass is 10.1. The van der Waals surface area contributed by atoms with Crippen molar-refractivity contribution in [1.82, 2.24) is 10.2 Å². The van der Waals surface area contributed by atoms with E-state index in [-0.39, 0.29) is 12.2 Å². The van der Waals surface area contributed by atoms with Crippen molar-refractivity contribution in [3.05, 3.63) is 0 Å². The van der Waals surface area contributed by atoms with Crippen LogP contribution in [-0.2, 0) is 4.79 Å². The molecule has 3 atom stereocenters. The maximum absolute atomic E-state index is 12.2. The molecule has 1 N–H and O–H groups in total. The molecule has 0 aromatic heterocycles. The maximum Gasteiger partial charge on any atom is 0.241 e. The summed E-state index contributed by atoms with van der Waals surface area (Å²) in [6, 6.07) is 0.0443. The van der Waals surface area contributed by atoms with E-state index in [2.05, 4.69) is 44.8 Å². The van der Waals surface area contributed by atoms with Crippen LogP contribution in [0.15, 0.2) is 0 Å². The zero-order valence-corrected chi connectivity index (χ0v) is 12.0. The van der Waals surface area contributed by atoms with Gasteiger partial charge in [-0.2, -0.15) is 0 Å². The van der Waals surface area contributed by atoms with Crippen LogP contribution >= 0.6 is 0 Å². The fraction of sp³-hybridized carbons (Fsp3) is 0.929. The van der Waals surface area contributed by atoms with Crippen molar-refractivity contribution in [1.29, 1.82) is 0 Å². The predicted molar refractivity (Wildman–Crippen MR) is 71.6 cm³/mol. The Hall–Kier alpha value is -0.570. The summed E-state index contributed by atoms with van der Waals surface area (Å²) in [5.41, 5.74) is 0. The number of carbonyl (C=O) groups excluding carboxylic acids is 1. The van der Waals surface area contributed by atoms with Gasteiger partial charge in [0.1, 0.15) is 0 Å². The topological polar surface area (TPSA) is 32.3 Å². The second-order valence-corrected chi connectivity index (χ2v) is 5.78. The van der Waals surface area contributed by atoms with Gasteiger partial charge in [0.15, 0.2) is 0 Å². The molecular formula is C14H28N2O. The molecule has 17 heavy (non-hydrogen) atoms. The Morgan fingerprint density at radius 1 is 1.29 bits per heavy atom. The summed E-state index contributed by atoms with van der Waals surface area (Å²) in [6.45, 7) is 11.8. The molecule has 1 saturated heterocycles. The summed E-state index contributed by atoms with van der Waals surface area (Å²) in [4.78, 5) is 14.3. The van der Waals surface area contributed by atoms with E-state index >= 15 is 0 Å². The van der Waals surface area contributed by atoms with Crippen LogP contribution in [0.3, 0.4) is 0 Å². The van der Waals surface area contributed by atoms with E-state index in [9.17, 15) is 4.79 Å². The quantitative estimate of drug-likeness (QED) is 0.774. The molecule has 3 unspecified atom stereocenters. The van der Waals surface area contributed by atoms with Gasteiger partial charge in [0, 0.05) is 6.54 Å². The van der Waals surface area contributed by atoms with Gasteiger partial charge in [-0.3, -0.25) is 10.1 Å². The van der Waals surface area contributed by atoms with Gasteiger partial charge < -0.3 is 4.90 Å². The smallest absolute Gasteiger partial charge is 0.241 e. The summed E-state index contributed by atoms with van der Waals surface area (Å²) >= 11 is 0. The molecule has 1 rings (SSSR count). The maximum atomic E-state index is 12.2. The molecule has 0 bridgehead atoms. The Bertz CT molecular complexity index is 253. The average Bonchev–Trinajstić information content (AvgIpc) is 2.56. The van der Waals surface area contributed by atoms with E-state index in [0.29, 0.717) is 17.7 Å². The fourth-order valence-electron chi connectivity index (χ4n) is 2.36. The summed E-state index contributed by atoms with van der Waals surface area (Å²) < 4.78 is 0. The first kappa shape index (κ1) is 14.5. The van der Waals surface area contributed by atoms with Crippen LogP contribution in [0.2, 0.25) is 0 Å². The zero-order chi connectivity index (χ0) is 13.0. The molecule has 100 valence electrons. The Labute approximate surface area is 106 Å². The molecule has 0 saturated carbocycles. The van der Waals surface area contributed by atoms with Gasteiger partial charge >= 0.3 is 0 Å². The Morgan fingerprint density at radius 2 is 1.94 bits per heavy atom. The largest absolute Gasteiger partial charge is 0.326 e. The lowest BCUT2D eigenvalue weighted by Crippen LogP contribution is -2.40. The minimum absolute atomic E-state index is 0.0443. The molecule has 1 fully saturated rings. The molecule has 0 spiro atoms. The van der Waals surface area contributed by atoms with Crippen molar-refractivity contribution in [2.75, 3.05) is 6.54 Å². The van der Waals surface area contributed by atoms with Gasteiger partial charge in [-0.1, -0.05) is 41.0 Å². The molecule has 0 radical (unpaired) electrons. The Balaban J connectivity index is 2.69. The first-order valence-electron chi connectivity index (χ1n) is 7.06. The first-order valence-corrected chi connectivity index (χ1v) is 7.06. The van der Waals surface area contributed by atoms with E-state index < -0.39 is 0 Å². The summed E-state index contributed by atoms with van der Waals surface area (Å²) in [5.74, 6) is 1.51. The Morgan fingerprint density at radius 3 is 2.41 bits per heavy atom. The summed E-state index contributed by atoms with van der Waals surface area (Å²) in [7, 11) is 0. The van der Waals surface area contributed by atoms with E-state index in [1.54, 1.807) is 0 Å². The van der Waals surface area contributed by atoms with Crippen LogP contribution in [0.4, 0.5) is 0 Å². The standard InChI is InChI=1S/C14H28N2O/c1-6-11(5)9-16-13(8-10(3)4)15-12(7-2)14(16)17/h10-13,15H,6-9H2,1-5H3. The second-order valence-electron chi connectivity index (χ2n) is 5.78. The third-order valence-corrected chi connectivity index (χ3v) is 3.66. The predicted octanol–water partition coefficient (Wildman–Crippen LogP) is 2.62. The molecule has 1 heterocycles. The molecule has 0 aromatic carbocycles. The van der Waals surface area contributed by atoms with Gasteiger partial charge in [-0.05, 0) is 24.7 Å². The number of nitrogens with one attached hydrogen (secondary N) is 1. The highest BCUT2D eigenvalue weighted by molar-refractivity contribution is 5.84. The number of hydrogen-bond acceptors (Lipinski definition) is 2. The van der Waals surface area contributed by atoms with Crippen molar-refractivity contribution in [2.24, 2.45) is 11.8 Å². The number of nitrogens with zero attached hydrogens (tertiary/aromatic N) is 1. The van der Waals surface area contributed by atoms with Gasteiger partial charge in [-0.25, -0.2) is 0 Å². The molecular weight excluding hydrogens is 212 g/mol. The van der Waals surface area contributed by atoms with Crippen LogP contribution < -0.4 is 5.32 Å². The normalized spacial score (nSPS) is 26.9. The number of rotatable bonds is 6. The summed E-state index contributed by atoms with van der Waals surface area (Å²) in [6.07, 6.45) is 3.33. The highest BCUT2D eigenvalue weighted by Gasteiger charge is 2.37. The highest BCUT2D eigenvalue weighted by atomic mass is 16.2. The molecule has 0 aliphatic carbocycles. The lowest BCUT2D eigenvalue weighted by Gasteiger charge is -2.27. The molecule has 1 amide bonds. The molecule has 1 aliphatic rings. The van der Waals surface area contributed by atoms with Crippen LogP contribution in [0, 0.1) is 11.8 Å². The monoisotopic (exact) mass is 240 g/mol. The minimum Gasteiger partial charge on any atom is -0.326 e. The Kier molecular flexibility index (Phi) is 5.44. The fourth-order valence-corrected chi connectivity index (χ4v) is 2.36. The molecule has 1 aliphatic heterocycles. The van der Waals surface area contributed by atoms with Crippen LogP contribution in [0.25, 0.3) is 0 Å². The molecule has 3 nitrogen and oxygen atoms in total. The van der Waals surface area contributed by atoms with E-state index in [1.165, 1.54) is 0 Å². The van der Waals surface area contributed by atoms with Crippen molar-refractivity contribution >= 4 is 5.91 Å². The van der Waals surface area contributed by atoms with Gasteiger partial charge in [-0.15, -0.1) is 0 Å². The first-order chi connectivity index (χ1) is 7.99. The number of hydrogen-bond donors (Lipinski definition) is 1. The van der Waals surface area contributed by atoms with Crippen LogP contribution in [0.1, 0.15) is 53.9 Å². The van der Waals surface area contributed by atoms with E-state index in [0.717, 1.165) is 25.8 Å². The van der Waals surface area contributed by atoms with Crippen LogP contribution in [0.5, 0.6) is 0 Å². The van der Waals surface area contributed by atoms with Crippen LogP contribution in [-0.4, -0.2) is 29.6 Å². The summed E-state index contributed by atoms with van der Waals surface area (Å²) in [5, 5.41) is 3.48. The number of amides is 1. The molecule has 3 heteroatoms. The van der Waals surface area contributed by atoms with Gasteiger partial charge in [0.05, 0.1) is 12.2 Å². The van der Waals surface area contributed by atoms with Gasteiger partial charge in [0.2, 0.25) is 5.91 Å². The van der Waals surface area contributed by atoms with E-state index in [1.807, 2.05) is 0 Å². The second kappa shape index (κ2) is 6.39. The number of carbonyl (C=O) groups is 1. The van der Waals surface area contributed by atoms with Gasteiger partial charge in [0.25, 0.3) is 0 Å². The van der Waals surface area contributed by atoms with Crippen molar-refractivity contribution in [3.8, 4) is 0 Å². The highest BCUT2D eigenvalue weighted by Crippen LogP contribution is 2.21. The van der Waals surface area contributed by atoms with Crippen molar-refractivity contribution < 1.29 is 4.79 Å². The lowest BCUT2D eigenvalue weighted by molar-refractivity contribution is -0.130. The molecule has 0 aromatic rings. The zero-order valence-electron chi connectivity index (χ0n) is 12.0. The van der Waals surface area contributed by atoms with Crippen molar-refractivity contribution in [2.45, 2.75) is 66.1 Å². The minimum atomic E-state index is 0.0443. The SMILES string of the molecule is CCC(C)CN1C(=O)C(CC)NC1CC(C)C. The third kappa shape index (κ3) is 3.70.